The molecule has 1 aliphatic heterocycles. The number of aryl methyl sites for hydroxylation is 1. The lowest BCUT2D eigenvalue weighted by molar-refractivity contribution is 0.0919. The van der Waals surface area contributed by atoms with Gasteiger partial charge >= 0.3 is 0 Å². The second kappa shape index (κ2) is 7.31. The predicted molar refractivity (Wildman–Crippen MR) is 99.7 cm³/mol. The Kier molecular flexibility index (Phi) is 5.13. The number of rotatable bonds is 4. The summed E-state index contributed by atoms with van der Waals surface area (Å²) in [5, 5.41) is 6.63. The smallest absolute Gasteiger partial charge is 0.253 e. The minimum Gasteiger partial charge on any atom is -0.497 e. The number of methoxy groups -OCH3 is 1. The van der Waals surface area contributed by atoms with Gasteiger partial charge in [0.1, 0.15) is 5.75 Å². The normalized spacial score (nSPS) is 20.3. The largest absolute Gasteiger partial charge is 0.497 e. The highest BCUT2D eigenvalue weighted by Crippen LogP contribution is 2.23. The minimum atomic E-state index is 0.00779. The van der Waals surface area contributed by atoms with Crippen LogP contribution in [-0.4, -0.2) is 36.2 Å². The standard InChI is InChI=1S/C20H27N3O2/c1-13-12-18(20(24)22-19-6-5-11-21-14(19)2)15(3)23(13)16-7-9-17(25-4)10-8-16/h7-10,12,14,19,21H,5-6,11H2,1-4H3,(H,22,24). The van der Waals surface area contributed by atoms with Crippen LogP contribution >= 0.6 is 0 Å². The molecule has 2 aromatic rings. The Morgan fingerprint density at radius 2 is 2.00 bits per heavy atom. The third kappa shape index (κ3) is 3.56. The average molecular weight is 341 g/mol. The summed E-state index contributed by atoms with van der Waals surface area (Å²) < 4.78 is 7.33. The van der Waals surface area contributed by atoms with Gasteiger partial charge in [0.25, 0.3) is 5.91 Å². The molecule has 134 valence electrons. The molecule has 1 fully saturated rings. The molecule has 3 rings (SSSR count). The van der Waals surface area contributed by atoms with Gasteiger partial charge in [-0.25, -0.2) is 0 Å². The van der Waals surface area contributed by atoms with E-state index < -0.39 is 0 Å². The van der Waals surface area contributed by atoms with E-state index in [4.69, 9.17) is 4.74 Å². The van der Waals surface area contributed by atoms with E-state index in [0.29, 0.717) is 6.04 Å². The maximum Gasteiger partial charge on any atom is 0.253 e. The molecule has 0 saturated carbocycles. The average Bonchev–Trinajstić information content (AvgIpc) is 2.91. The number of carbonyl (C=O) groups is 1. The zero-order chi connectivity index (χ0) is 18.0. The van der Waals surface area contributed by atoms with Crippen molar-refractivity contribution < 1.29 is 9.53 Å². The van der Waals surface area contributed by atoms with Crippen molar-refractivity contribution in [3.05, 3.63) is 47.3 Å². The molecule has 0 radical (unpaired) electrons. The van der Waals surface area contributed by atoms with Crippen LogP contribution in [0.4, 0.5) is 0 Å². The lowest BCUT2D eigenvalue weighted by Crippen LogP contribution is -2.51. The van der Waals surface area contributed by atoms with Crippen molar-refractivity contribution in [1.29, 1.82) is 0 Å². The minimum absolute atomic E-state index is 0.00779. The Hall–Kier alpha value is -2.27. The zero-order valence-corrected chi connectivity index (χ0v) is 15.4. The van der Waals surface area contributed by atoms with Gasteiger partial charge in [-0.2, -0.15) is 0 Å². The lowest BCUT2D eigenvalue weighted by atomic mass is 9.99. The highest BCUT2D eigenvalue weighted by atomic mass is 16.5. The van der Waals surface area contributed by atoms with Crippen molar-refractivity contribution in [1.82, 2.24) is 15.2 Å². The van der Waals surface area contributed by atoms with Crippen molar-refractivity contribution in [2.24, 2.45) is 0 Å². The van der Waals surface area contributed by atoms with E-state index in [1.165, 1.54) is 0 Å². The Labute approximate surface area is 149 Å². The van der Waals surface area contributed by atoms with Gasteiger partial charge in [0, 0.05) is 29.2 Å². The van der Waals surface area contributed by atoms with Gasteiger partial charge in [-0.3, -0.25) is 4.79 Å². The summed E-state index contributed by atoms with van der Waals surface area (Å²) >= 11 is 0. The van der Waals surface area contributed by atoms with Crippen LogP contribution in [0.2, 0.25) is 0 Å². The summed E-state index contributed by atoms with van der Waals surface area (Å²) in [5.41, 5.74) is 3.77. The number of nitrogens with one attached hydrogen (secondary N) is 2. The molecular formula is C20H27N3O2. The number of ether oxygens (including phenoxy) is 1. The molecule has 2 heterocycles. The maximum absolute atomic E-state index is 12.8. The first-order valence-corrected chi connectivity index (χ1v) is 8.89. The van der Waals surface area contributed by atoms with Crippen molar-refractivity contribution >= 4 is 5.91 Å². The van der Waals surface area contributed by atoms with E-state index in [0.717, 1.165) is 47.8 Å². The molecule has 1 saturated heterocycles. The molecule has 25 heavy (non-hydrogen) atoms. The number of aromatic nitrogens is 1. The second-order valence-corrected chi connectivity index (χ2v) is 6.78. The quantitative estimate of drug-likeness (QED) is 0.899. The van der Waals surface area contributed by atoms with Crippen molar-refractivity contribution in [2.45, 2.75) is 45.7 Å². The number of hydrogen-bond acceptors (Lipinski definition) is 3. The van der Waals surface area contributed by atoms with E-state index in [1.54, 1.807) is 7.11 Å². The lowest BCUT2D eigenvalue weighted by Gasteiger charge is -2.30. The van der Waals surface area contributed by atoms with Crippen molar-refractivity contribution in [2.75, 3.05) is 13.7 Å². The van der Waals surface area contributed by atoms with Gasteiger partial charge in [0.05, 0.1) is 12.7 Å². The SMILES string of the molecule is COc1ccc(-n2c(C)cc(C(=O)NC3CCCNC3C)c2C)cc1. The van der Waals surface area contributed by atoms with Crippen LogP contribution in [0.3, 0.4) is 0 Å². The number of carbonyl (C=O) groups excluding carboxylic acids is 1. The Morgan fingerprint density at radius 1 is 1.28 bits per heavy atom. The van der Waals surface area contributed by atoms with Crippen LogP contribution in [-0.2, 0) is 0 Å². The molecule has 2 unspecified atom stereocenters. The van der Waals surface area contributed by atoms with E-state index in [2.05, 4.69) is 22.1 Å². The number of amides is 1. The number of piperidine rings is 1. The summed E-state index contributed by atoms with van der Waals surface area (Å²) in [6.07, 6.45) is 2.12. The third-order valence-electron chi connectivity index (χ3n) is 5.08. The van der Waals surface area contributed by atoms with Crippen LogP contribution in [0.5, 0.6) is 5.75 Å². The molecule has 1 aromatic heterocycles. The number of nitrogens with zero attached hydrogens (tertiary/aromatic N) is 1. The topological polar surface area (TPSA) is 55.3 Å². The Morgan fingerprint density at radius 3 is 2.64 bits per heavy atom. The number of hydrogen-bond donors (Lipinski definition) is 2. The van der Waals surface area contributed by atoms with Crippen LogP contribution in [0.15, 0.2) is 30.3 Å². The predicted octanol–water partition coefficient (Wildman–Crippen LogP) is 2.97. The van der Waals surface area contributed by atoms with Crippen LogP contribution < -0.4 is 15.4 Å². The second-order valence-electron chi connectivity index (χ2n) is 6.78. The molecule has 5 heteroatoms. The summed E-state index contributed by atoms with van der Waals surface area (Å²) in [6.45, 7) is 7.18. The van der Waals surface area contributed by atoms with E-state index >= 15 is 0 Å². The molecule has 5 nitrogen and oxygen atoms in total. The van der Waals surface area contributed by atoms with E-state index in [-0.39, 0.29) is 11.9 Å². The van der Waals surface area contributed by atoms with Crippen LogP contribution in [0.25, 0.3) is 5.69 Å². The molecule has 1 amide bonds. The fourth-order valence-corrected chi connectivity index (χ4v) is 3.61. The van der Waals surface area contributed by atoms with E-state index in [9.17, 15) is 4.79 Å². The highest BCUT2D eigenvalue weighted by Gasteiger charge is 2.24. The fraction of sp³-hybridized carbons (Fsp3) is 0.450. The monoisotopic (exact) mass is 341 g/mol. The van der Waals surface area contributed by atoms with Crippen LogP contribution in [0, 0.1) is 13.8 Å². The zero-order valence-electron chi connectivity index (χ0n) is 15.4. The highest BCUT2D eigenvalue weighted by molar-refractivity contribution is 5.96. The van der Waals surface area contributed by atoms with E-state index in [1.807, 2.05) is 44.2 Å². The van der Waals surface area contributed by atoms with Crippen molar-refractivity contribution in [3.63, 3.8) is 0 Å². The van der Waals surface area contributed by atoms with Gasteiger partial charge < -0.3 is 19.9 Å². The van der Waals surface area contributed by atoms with Gasteiger partial charge in [0.2, 0.25) is 0 Å². The van der Waals surface area contributed by atoms with Crippen LogP contribution in [0.1, 0.15) is 41.5 Å². The maximum atomic E-state index is 12.8. The van der Waals surface area contributed by atoms with Crippen molar-refractivity contribution in [3.8, 4) is 11.4 Å². The first-order chi connectivity index (χ1) is 12.0. The molecule has 2 atom stereocenters. The first kappa shape index (κ1) is 17.5. The molecule has 1 aromatic carbocycles. The molecule has 0 spiro atoms. The van der Waals surface area contributed by atoms with Gasteiger partial charge in [-0.05, 0) is 70.5 Å². The fourth-order valence-electron chi connectivity index (χ4n) is 3.61. The third-order valence-corrected chi connectivity index (χ3v) is 5.08. The Bertz CT molecular complexity index is 749. The van der Waals surface area contributed by atoms with Gasteiger partial charge in [-0.15, -0.1) is 0 Å². The molecule has 0 aliphatic carbocycles. The molecule has 0 bridgehead atoms. The summed E-state index contributed by atoms with van der Waals surface area (Å²) in [5.74, 6) is 0.830. The molecular weight excluding hydrogens is 314 g/mol. The summed E-state index contributed by atoms with van der Waals surface area (Å²) in [7, 11) is 1.66. The molecule has 1 aliphatic rings. The number of benzene rings is 1. The van der Waals surface area contributed by atoms with Gasteiger partial charge in [0.15, 0.2) is 0 Å². The Balaban J connectivity index is 1.84. The summed E-state index contributed by atoms with van der Waals surface area (Å²) in [6, 6.07) is 10.3. The first-order valence-electron chi connectivity index (χ1n) is 8.89. The molecule has 2 N–H and O–H groups in total. The summed E-state index contributed by atoms with van der Waals surface area (Å²) in [4.78, 5) is 12.8. The van der Waals surface area contributed by atoms with Gasteiger partial charge in [-0.1, -0.05) is 0 Å².